The number of rotatable bonds is 5. The van der Waals surface area contributed by atoms with E-state index in [1.807, 2.05) is 31.2 Å². The highest BCUT2D eigenvalue weighted by atomic mass is 16.5. The van der Waals surface area contributed by atoms with Crippen molar-refractivity contribution in [3.05, 3.63) is 41.5 Å². The molecule has 5 nitrogen and oxygen atoms in total. The van der Waals surface area contributed by atoms with Crippen LogP contribution < -0.4 is 10.5 Å². The number of hydrogen-bond donors (Lipinski definition) is 1. The quantitative estimate of drug-likeness (QED) is 0.905. The second-order valence-electron chi connectivity index (χ2n) is 5.44. The second-order valence-corrected chi connectivity index (χ2v) is 5.44. The molecule has 1 aliphatic carbocycles. The molecule has 0 spiro atoms. The summed E-state index contributed by atoms with van der Waals surface area (Å²) < 4.78 is 10.9. The van der Waals surface area contributed by atoms with E-state index in [9.17, 15) is 0 Å². The predicted molar refractivity (Wildman–Crippen MR) is 74.4 cm³/mol. The number of ether oxygens (including phenoxy) is 1. The summed E-state index contributed by atoms with van der Waals surface area (Å²) in [4.78, 5) is 4.37. The third-order valence-electron chi connectivity index (χ3n) is 3.73. The zero-order chi connectivity index (χ0) is 14.0. The summed E-state index contributed by atoms with van der Waals surface area (Å²) in [7, 11) is 0. The molecule has 0 aliphatic heterocycles. The van der Waals surface area contributed by atoms with Gasteiger partial charge in [0.1, 0.15) is 5.75 Å². The predicted octanol–water partition coefficient (Wildman–Crippen LogP) is 2.34. The highest BCUT2D eigenvalue weighted by Gasteiger charge is 2.38. The lowest BCUT2D eigenvalue weighted by molar-refractivity contribution is 0.228. The molecular weight excluding hydrogens is 254 g/mol. The molecule has 1 saturated carbocycles. The van der Waals surface area contributed by atoms with Gasteiger partial charge in [0.05, 0.1) is 18.6 Å². The Labute approximate surface area is 118 Å². The lowest BCUT2D eigenvalue weighted by Gasteiger charge is -2.34. The number of aromatic nitrogens is 2. The summed E-state index contributed by atoms with van der Waals surface area (Å²) in [6.45, 7) is 2.55. The van der Waals surface area contributed by atoms with Crippen molar-refractivity contribution in [1.29, 1.82) is 0 Å². The van der Waals surface area contributed by atoms with Crippen molar-refractivity contribution in [1.82, 2.24) is 10.1 Å². The number of aryl methyl sites for hydroxylation is 1. The minimum atomic E-state index is -0.362. The number of benzene rings is 1. The molecule has 106 valence electrons. The maximum Gasteiger partial charge on any atom is 0.230 e. The van der Waals surface area contributed by atoms with E-state index in [4.69, 9.17) is 15.0 Å². The van der Waals surface area contributed by atoms with Crippen molar-refractivity contribution in [2.75, 3.05) is 6.61 Å². The Hall–Kier alpha value is -1.88. The highest BCUT2D eigenvalue weighted by Crippen LogP contribution is 2.36. The van der Waals surface area contributed by atoms with Crippen molar-refractivity contribution in [2.45, 2.75) is 38.1 Å². The van der Waals surface area contributed by atoms with Gasteiger partial charge < -0.3 is 15.0 Å². The molecule has 2 aromatic rings. The first-order chi connectivity index (χ1) is 9.66. The molecule has 0 unspecified atom stereocenters. The highest BCUT2D eigenvalue weighted by molar-refractivity contribution is 5.27. The van der Waals surface area contributed by atoms with Crippen LogP contribution in [0.2, 0.25) is 0 Å². The molecule has 1 aliphatic rings. The van der Waals surface area contributed by atoms with Crippen LogP contribution in [0.3, 0.4) is 0 Å². The van der Waals surface area contributed by atoms with E-state index in [1.54, 1.807) is 0 Å². The van der Waals surface area contributed by atoms with Crippen molar-refractivity contribution in [2.24, 2.45) is 5.73 Å². The maximum atomic E-state index is 6.16. The van der Waals surface area contributed by atoms with Gasteiger partial charge >= 0.3 is 0 Å². The average molecular weight is 273 g/mol. The van der Waals surface area contributed by atoms with Crippen LogP contribution in [-0.2, 0) is 12.0 Å². The van der Waals surface area contributed by atoms with E-state index in [2.05, 4.69) is 10.1 Å². The Kier molecular flexibility index (Phi) is 3.44. The number of nitrogens with two attached hydrogens (primary N) is 1. The van der Waals surface area contributed by atoms with Gasteiger partial charge in [-0.25, -0.2) is 0 Å². The van der Waals surface area contributed by atoms with E-state index in [0.29, 0.717) is 24.7 Å². The average Bonchev–Trinajstić information content (AvgIpc) is 2.85. The smallest absolute Gasteiger partial charge is 0.230 e. The first kappa shape index (κ1) is 13.1. The summed E-state index contributed by atoms with van der Waals surface area (Å²) in [5, 5.41) is 3.98. The van der Waals surface area contributed by atoms with Crippen molar-refractivity contribution in [3.63, 3.8) is 0 Å². The van der Waals surface area contributed by atoms with Gasteiger partial charge in [-0.2, -0.15) is 4.98 Å². The molecule has 1 aromatic heterocycles. The molecule has 0 atom stereocenters. The van der Waals surface area contributed by atoms with Crippen LogP contribution in [0.5, 0.6) is 5.75 Å². The third-order valence-corrected chi connectivity index (χ3v) is 3.73. The summed E-state index contributed by atoms with van der Waals surface area (Å²) >= 11 is 0. The number of nitrogens with zero attached hydrogens (tertiary/aromatic N) is 2. The normalized spacial score (nSPS) is 16.7. The van der Waals surface area contributed by atoms with Gasteiger partial charge in [0.15, 0.2) is 5.82 Å². The van der Waals surface area contributed by atoms with Crippen LogP contribution in [0, 0.1) is 6.92 Å². The summed E-state index contributed by atoms with van der Waals surface area (Å²) in [5.74, 6) is 2.08. The first-order valence-electron chi connectivity index (χ1n) is 6.97. The standard InChI is InChI=1S/C15H19N3O2/c1-11-4-2-5-12(10-11)19-9-6-13-17-14(18-20-13)15(16)7-3-8-15/h2,4-5,10H,3,6-9,16H2,1H3. The van der Waals surface area contributed by atoms with E-state index >= 15 is 0 Å². The zero-order valence-electron chi connectivity index (χ0n) is 11.6. The second kappa shape index (κ2) is 5.25. The lowest BCUT2D eigenvalue weighted by Crippen LogP contribution is -2.44. The summed E-state index contributed by atoms with van der Waals surface area (Å²) in [6, 6.07) is 7.96. The monoisotopic (exact) mass is 273 g/mol. The van der Waals surface area contributed by atoms with E-state index < -0.39 is 0 Å². The van der Waals surface area contributed by atoms with Gasteiger partial charge in [-0.3, -0.25) is 0 Å². The molecule has 0 bridgehead atoms. The summed E-state index contributed by atoms with van der Waals surface area (Å²) in [6.07, 6.45) is 3.60. The molecule has 0 saturated heterocycles. The van der Waals surface area contributed by atoms with E-state index in [0.717, 1.165) is 25.0 Å². The van der Waals surface area contributed by atoms with Crippen LogP contribution in [0.4, 0.5) is 0 Å². The van der Waals surface area contributed by atoms with Crippen LogP contribution in [0.25, 0.3) is 0 Å². The Morgan fingerprint density at radius 1 is 1.40 bits per heavy atom. The van der Waals surface area contributed by atoms with Crippen molar-refractivity contribution >= 4 is 0 Å². The fraction of sp³-hybridized carbons (Fsp3) is 0.467. The van der Waals surface area contributed by atoms with E-state index in [1.165, 1.54) is 5.56 Å². The van der Waals surface area contributed by atoms with E-state index in [-0.39, 0.29) is 5.54 Å². The number of hydrogen-bond acceptors (Lipinski definition) is 5. The minimum absolute atomic E-state index is 0.362. The van der Waals surface area contributed by atoms with Crippen molar-refractivity contribution < 1.29 is 9.26 Å². The molecule has 0 amide bonds. The lowest BCUT2D eigenvalue weighted by atomic mass is 9.77. The van der Waals surface area contributed by atoms with Gasteiger partial charge in [0.2, 0.25) is 5.89 Å². The van der Waals surface area contributed by atoms with Gasteiger partial charge in [-0.15, -0.1) is 0 Å². The molecule has 0 radical (unpaired) electrons. The Bertz CT molecular complexity index is 590. The molecule has 3 rings (SSSR count). The molecule has 5 heteroatoms. The van der Waals surface area contributed by atoms with Gasteiger partial charge in [0, 0.05) is 0 Å². The molecule has 1 aromatic carbocycles. The first-order valence-corrected chi connectivity index (χ1v) is 6.97. The van der Waals surface area contributed by atoms with Crippen LogP contribution >= 0.6 is 0 Å². The van der Waals surface area contributed by atoms with Gasteiger partial charge in [-0.05, 0) is 43.9 Å². The maximum absolute atomic E-state index is 6.16. The Balaban J connectivity index is 1.54. The van der Waals surface area contributed by atoms with Crippen LogP contribution in [0.1, 0.15) is 36.5 Å². The molecule has 2 N–H and O–H groups in total. The topological polar surface area (TPSA) is 74.2 Å². The molecular formula is C15H19N3O2. The Morgan fingerprint density at radius 3 is 2.95 bits per heavy atom. The van der Waals surface area contributed by atoms with Gasteiger partial charge in [-0.1, -0.05) is 17.3 Å². The van der Waals surface area contributed by atoms with Crippen molar-refractivity contribution in [3.8, 4) is 5.75 Å². The SMILES string of the molecule is Cc1cccc(OCCc2nc(C3(N)CCC3)no2)c1. The molecule has 1 fully saturated rings. The molecule has 20 heavy (non-hydrogen) atoms. The fourth-order valence-electron chi connectivity index (χ4n) is 2.30. The van der Waals surface area contributed by atoms with Gasteiger partial charge in [0.25, 0.3) is 0 Å². The summed E-state index contributed by atoms with van der Waals surface area (Å²) in [5.41, 5.74) is 6.97. The Morgan fingerprint density at radius 2 is 2.25 bits per heavy atom. The zero-order valence-corrected chi connectivity index (χ0v) is 11.6. The fourth-order valence-corrected chi connectivity index (χ4v) is 2.30. The largest absolute Gasteiger partial charge is 0.493 e. The minimum Gasteiger partial charge on any atom is -0.493 e. The molecule has 1 heterocycles. The van der Waals surface area contributed by atoms with Crippen LogP contribution in [0.15, 0.2) is 28.8 Å². The van der Waals surface area contributed by atoms with Crippen LogP contribution in [-0.4, -0.2) is 16.7 Å². The third kappa shape index (κ3) is 2.67.